The first-order valence-electron chi connectivity index (χ1n) is 6.18. The molecule has 4 nitrogen and oxygen atoms in total. The van der Waals surface area contributed by atoms with Gasteiger partial charge in [0.2, 0.25) is 6.29 Å². The summed E-state index contributed by atoms with van der Waals surface area (Å²) in [6, 6.07) is 10.0. The van der Waals surface area contributed by atoms with Gasteiger partial charge < -0.3 is 14.2 Å². The zero-order chi connectivity index (χ0) is 12.8. The van der Waals surface area contributed by atoms with E-state index in [0.717, 1.165) is 12.0 Å². The second kappa shape index (κ2) is 6.52. The normalized spacial score (nSPS) is 23.6. The smallest absolute Gasteiger partial charge is 0.304 e. The van der Waals surface area contributed by atoms with Crippen molar-refractivity contribution in [2.75, 3.05) is 6.61 Å². The fourth-order valence-electron chi connectivity index (χ4n) is 1.94. The molecule has 98 valence electrons. The molecule has 0 bridgehead atoms. The molecule has 0 amide bonds. The molecule has 1 saturated heterocycles. The third kappa shape index (κ3) is 4.13. The molecule has 1 unspecified atom stereocenters. The zero-order valence-corrected chi connectivity index (χ0v) is 10.5. The molecular weight excluding hydrogens is 232 g/mol. The molecular formula is C14H18O4. The standard InChI is InChI=1S/C14H18O4/c1-11(15)18-14-9-13(7-8-16-14)17-10-12-5-3-2-4-6-12/h2-6,13-14H,7-10H2,1H3/t13-,14?/m1/s1. The van der Waals surface area contributed by atoms with E-state index in [2.05, 4.69) is 0 Å². The highest BCUT2D eigenvalue weighted by Gasteiger charge is 2.25. The summed E-state index contributed by atoms with van der Waals surface area (Å²) in [6.07, 6.45) is 1.07. The highest BCUT2D eigenvalue weighted by molar-refractivity contribution is 5.66. The van der Waals surface area contributed by atoms with Crippen molar-refractivity contribution < 1.29 is 19.0 Å². The van der Waals surface area contributed by atoms with E-state index in [1.54, 1.807) is 0 Å². The molecule has 1 fully saturated rings. The average molecular weight is 250 g/mol. The maximum atomic E-state index is 10.9. The van der Waals surface area contributed by atoms with Crippen LogP contribution in [0.5, 0.6) is 0 Å². The van der Waals surface area contributed by atoms with Gasteiger partial charge in [0, 0.05) is 13.3 Å². The molecule has 1 aliphatic heterocycles. The van der Waals surface area contributed by atoms with E-state index in [0.29, 0.717) is 19.6 Å². The first-order valence-corrected chi connectivity index (χ1v) is 6.18. The summed E-state index contributed by atoms with van der Waals surface area (Å²) in [5, 5.41) is 0. The Morgan fingerprint density at radius 1 is 1.39 bits per heavy atom. The maximum Gasteiger partial charge on any atom is 0.304 e. The molecule has 0 aromatic heterocycles. The van der Waals surface area contributed by atoms with Gasteiger partial charge in [-0.25, -0.2) is 0 Å². The summed E-state index contributed by atoms with van der Waals surface area (Å²) in [7, 11) is 0. The topological polar surface area (TPSA) is 44.8 Å². The Kier molecular flexibility index (Phi) is 4.73. The van der Waals surface area contributed by atoms with E-state index in [1.165, 1.54) is 6.92 Å². The van der Waals surface area contributed by atoms with E-state index in [1.807, 2.05) is 30.3 Å². The van der Waals surface area contributed by atoms with Crippen molar-refractivity contribution >= 4 is 5.97 Å². The molecule has 0 saturated carbocycles. The Hall–Kier alpha value is -1.39. The molecule has 1 aromatic rings. The third-order valence-corrected chi connectivity index (χ3v) is 2.82. The van der Waals surface area contributed by atoms with Crippen LogP contribution in [0, 0.1) is 0 Å². The Morgan fingerprint density at radius 2 is 2.17 bits per heavy atom. The fraction of sp³-hybridized carbons (Fsp3) is 0.500. The molecule has 2 rings (SSSR count). The van der Waals surface area contributed by atoms with Crippen molar-refractivity contribution in [1.82, 2.24) is 0 Å². The zero-order valence-electron chi connectivity index (χ0n) is 10.5. The van der Waals surface area contributed by atoms with E-state index < -0.39 is 6.29 Å². The Bertz CT molecular complexity index is 377. The summed E-state index contributed by atoms with van der Waals surface area (Å²) in [4.78, 5) is 10.9. The highest BCUT2D eigenvalue weighted by Crippen LogP contribution is 2.19. The predicted molar refractivity (Wildman–Crippen MR) is 65.8 cm³/mol. The highest BCUT2D eigenvalue weighted by atomic mass is 16.7. The first-order chi connectivity index (χ1) is 8.74. The number of hydrogen-bond acceptors (Lipinski definition) is 4. The summed E-state index contributed by atoms with van der Waals surface area (Å²) >= 11 is 0. The van der Waals surface area contributed by atoms with Crippen molar-refractivity contribution in [3.63, 3.8) is 0 Å². The molecule has 18 heavy (non-hydrogen) atoms. The summed E-state index contributed by atoms with van der Waals surface area (Å²) < 4.78 is 16.2. The summed E-state index contributed by atoms with van der Waals surface area (Å²) in [5.41, 5.74) is 1.15. The summed E-state index contributed by atoms with van der Waals surface area (Å²) in [5.74, 6) is -0.316. The van der Waals surface area contributed by atoms with Crippen LogP contribution in [0.4, 0.5) is 0 Å². The number of hydrogen-bond donors (Lipinski definition) is 0. The minimum absolute atomic E-state index is 0.0864. The second-order valence-corrected chi connectivity index (χ2v) is 4.35. The SMILES string of the molecule is CC(=O)OC1C[C@H](OCc2ccccc2)CCO1. The second-order valence-electron chi connectivity index (χ2n) is 4.35. The van der Waals surface area contributed by atoms with E-state index in [4.69, 9.17) is 14.2 Å². The van der Waals surface area contributed by atoms with Gasteiger partial charge in [-0.2, -0.15) is 0 Å². The van der Waals surface area contributed by atoms with Crippen molar-refractivity contribution in [1.29, 1.82) is 0 Å². The van der Waals surface area contributed by atoms with E-state index in [9.17, 15) is 4.79 Å². The number of carbonyl (C=O) groups excluding carboxylic acids is 1. The van der Waals surface area contributed by atoms with Gasteiger partial charge >= 0.3 is 5.97 Å². The van der Waals surface area contributed by atoms with Gasteiger partial charge in [0.15, 0.2) is 0 Å². The lowest BCUT2D eigenvalue weighted by atomic mass is 10.1. The van der Waals surface area contributed by atoms with Crippen LogP contribution < -0.4 is 0 Å². The van der Waals surface area contributed by atoms with Crippen LogP contribution in [-0.4, -0.2) is 25.0 Å². The number of benzene rings is 1. The monoisotopic (exact) mass is 250 g/mol. The Labute approximate surface area is 107 Å². The molecule has 0 spiro atoms. The quantitative estimate of drug-likeness (QED) is 0.769. The van der Waals surface area contributed by atoms with Crippen molar-refractivity contribution in [3.8, 4) is 0 Å². The number of rotatable bonds is 4. The molecule has 1 heterocycles. The molecule has 1 aliphatic rings. The van der Waals surface area contributed by atoms with Crippen LogP contribution in [-0.2, 0) is 25.6 Å². The van der Waals surface area contributed by atoms with Gasteiger partial charge in [0.25, 0.3) is 0 Å². The Morgan fingerprint density at radius 3 is 2.89 bits per heavy atom. The molecule has 0 N–H and O–H groups in total. The van der Waals surface area contributed by atoms with Crippen LogP contribution >= 0.6 is 0 Å². The lowest BCUT2D eigenvalue weighted by Crippen LogP contribution is -2.33. The number of esters is 1. The molecule has 0 aliphatic carbocycles. The van der Waals surface area contributed by atoms with Gasteiger partial charge in [-0.05, 0) is 12.0 Å². The van der Waals surface area contributed by atoms with Crippen molar-refractivity contribution in [3.05, 3.63) is 35.9 Å². The van der Waals surface area contributed by atoms with E-state index >= 15 is 0 Å². The average Bonchev–Trinajstić information content (AvgIpc) is 2.37. The molecule has 2 atom stereocenters. The lowest BCUT2D eigenvalue weighted by molar-refractivity contribution is -0.200. The molecule has 1 aromatic carbocycles. The molecule has 0 radical (unpaired) electrons. The van der Waals surface area contributed by atoms with Crippen molar-refractivity contribution in [2.45, 2.75) is 38.8 Å². The number of ether oxygens (including phenoxy) is 3. The predicted octanol–water partition coefficient (Wildman–Crippen LogP) is 2.27. The third-order valence-electron chi connectivity index (χ3n) is 2.82. The first kappa shape index (κ1) is 13.1. The molecule has 4 heteroatoms. The fourth-order valence-corrected chi connectivity index (χ4v) is 1.94. The van der Waals surface area contributed by atoms with Gasteiger partial charge in [-0.3, -0.25) is 4.79 Å². The summed E-state index contributed by atoms with van der Waals surface area (Å²) in [6.45, 7) is 2.54. The van der Waals surface area contributed by atoms with Crippen LogP contribution in [0.15, 0.2) is 30.3 Å². The van der Waals surface area contributed by atoms with Crippen LogP contribution in [0.1, 0.15) is 25.3 Å². The van der Waals surface area contributed by atoms with Gasteiger partial charge in [-0.1, -0.05) is 30.3 Å². The Balaban J connectivity index is 1.77. The largest absolute Gasteiger partial charge is 0.436 e. The van der Waals surface area contributed by atoms with Gasteiger partial charge in [-0.15, -0.1) is 0 Å². The minimum Gasteiger partial charge on any atom is -0.436 e. The number of carbonyl (C=O) groups is 1. The van der Waals surface area contributed by atoms with Gasteiger partial charge in [0.05, 0.1) is 19.3 Å². The van der Waals surface area contributed by atoms with Crippen LogP contribution in [0.25, 0.3) is 0 Å². The van der Waals surface area contributed by atoms with E-state index in [-0.39, 0.29) is 12.1 Å². The van der Waals surface area contributed by atoms with Crippen LogP contribution in [0.3, 0.4) is 0 Å². The minimum atomic E-state index is -0.461. The maximum absolute atomic E-state index is 10.9. The lowest BCUT2D eigenvalue weighted by Gasteiger charge is -2.28. The van der Waals surface area contributed by atoms with Crippen molar-refractivity contribution in [2.24, 2.45) is 0 Å². The van der Waals surface area contributed by atoms with Crippen LogP contribution in [0.2, 0.25) is 0 Å². The van der Waals surface area contributed by atoms with Gasteiger partial charge in [0.1, 0.15) is 0 Å².